The molecule has 1 aliphatic heterocycles. The van der Waals surface area contributed by atoms with Crippen molar-refractivity contribution in [2.24, 2.45) is 4.99 Å². The predicted molar refractivity (Wildman–Crippen MR) is 122 cm³/mol. The zero-order valence-electron chi connectivity index (χ0n) is 16.8. The monoisotopic (exact) mass is 458 g/mol. The number of nitrogen functional groups attached to an aromatic ring is 2. The van der Waals surface area contributed by atoms with Gasteiger partial charge in [-0.15, -0.1) is 0 Å². The fraction of sp³-hybridized carbons (Fsp3) is 0.0455. The van der Waals surface area contributed by atoms with Crippen molar-refractivity contribution < 1.29 is 9.53 Å². The molecule has 162 valence electrons. The lowest BCUT2D eigenvalue weighted by Gasteiger charge is -2.26. The number of pyridine rings is 1. The number of aromatic nitrogens is 1. The molecule has 11 heteroatoms. The van der Waals surface area contributed by atoms with E-state index in [0.29, 0.717) is 16.9 Å². The molecule has 1 aliphatic rings. The molecule has 0 fully saturated rings. The Morgan fingerprint density at radius 3 is 2.55 bits per heavy atom. The minimum atomic E-state index is -0.703. The standard InChI is InChI=1S/C22H15ClN8O2/c23-15-4-2-1-3-13(15)21(32)33-12-7-5-11(6-8-12)18-16-17(26)14(9-24)19(27)30-20(16)31-22(29-18)28-10-25/h1-8,18H,(H6,26,27,28,29,30,31). The largest absolute Gasteiger partial charge is 0.423 e. The van der Waals surface area contributed by atoms with Crippen LogP contribution in [0.25, 0.3) is 0 Å². The maximum atomic E-state index is 12.4. The van der Waals surface area contributed by atoms with Crippen LogP contribution in [-0.4, -0.2) is 16.9 Å². The smallest absolute Gasteiger partial charge is 0.345 e. The van der Waals surface area contributed by atoms with Crippen LogP contribution in [0.4, 0.5) is 17.3 Å². The van der Waals surface area contributed by atoms with Gasteiger partial charge in [0, 0.05) is 5.56 Å². The number of rotatable bonds is 3. The van der Waals surface area contributed by atoms with E-state index in [-0.39, 0.29) is 39.4 Å². The number of benzene rings is 2. The lowest BCUT2D eigenvalue weighted by Crippen LogP contribution is -2.32. The van der Waals surface area contributed by atoms with E-state index in [4.69, 9.17) is 33.1 Å². The number of ether oxygens (including phenoxy) is 1. The Balaban J connectivity index is 1.69. The topological polar surface area (TPSA) is 175 Å². The summed E-state index contributed by atoms with van der Waals surface area (Å²) in [5, 5.41) is 24.0. The van der Waals surface area contributed by atoms with Crippen LogP contribution in [0.15, 0.2) is 53.5 Å². The van der Waals surface area contributed by atoms with Gasteiger partial charge in [0.1, 0.15) is 35.1 Å². The van der Waals surface area contributed by atoms with Crippen molar-refractivity contribution in [3.8, 4) is 18.0 Å². The number of fused-ring (bicyclic) bond motifs is 1. The molecule has 1 aromatic heterocycles. The normalized spacial score (nSPS) is 14.0. The molecule has 6 N–H and O–H groups in total. The van der Waals surface area contributed by atoms with Gasteiger partial charge in [-0.25, -0.2) is 14.8 Å². The minimum Gasteiger partial charge on any atom is -0.423 e. The molecule has 1 unspecified atom stereocenters. The van der Waals surface area contributed by atoms with Crippen LogP contribution in [0.2, 0.25) is 5.02 Å². The van der Waals surface area contributed by atoms with Gasteiger partial charge >= 0.3 is 5.97 Å². The van der Waals surface area contributed by atoms with Gasteiger partial charge in [-0.05, 0) is 29.8 Å². The first-order chi connectivity index (χ1) is 15.9. The van der Waals surface area contributed by atoms with Crippen molar-refractivity contribution in [2.75, 3.05) is 16.8 Å². The second-order valence-corrected chi connectivity index (χ2v) is 7.25. The molecule has 10 nitrogen and oxygen atoms in total. The highest BCUT2D eigenvalue weighted by molar-refractivity contribution is 6.33. The molecule has 0 spiro atoms. The molecule has 2 heterocycles. The molecule has 0 aliphatic carbocycles. The van der Waals surface area contributed by atoms with Crippen LogP contribution in [0.1, 0.15) is 33.1 Å². The Kier molecular flexibility index (Phi) is 5.68. The first-order valence-electron chi connectivity index (χ1n) is 9.48. The van der Waals surface area contributed by atoms with Gasteiger partial charge in [0.05, 0.1) is 16.3 Å². The number of carbonyl (C=O) groups is 1. The van der Waals surface area contributed by atoms with Crippen molar-refractivity contribution in [1.82, 2.24) is 10.3 Å². The average Bonchev–Trinajstić information content (AvgIpc) is 2.79. The van der Waals surface area contributed by atoms with E-state index in [1.54, 1.807) is 54.7 Å². The summed E-state index contributed by atoms with van der Waals surface area (Å²) in [5.41, 5.74) is 13.6. The molecule has 0 amide bonds. The van der Waals surface area contributed by atoms with Gasteiger partial charge in [-0.3, -0.25) is 5.32 Å². The van der Waals surface area contributed by atoms with Gasteiger partial charge in [-0.2, -0.15) is 10.5 Å². The highest BCUT2D eigenvalue weighted by Crippen LogP contribution is 2.40. The Bertz CT molecular complexity index is 1370. The van der Waals surface area contributed by atoms with Gasteiger partial charge in [-0.1, -0.05) is 35.9 Å². The molecule has 33 heavy (non-hydrogen) atoms. The molecule has 0 saturated heterocycles. The zero-order valence-corrected chi connectivity index (χ0v) is 17.6. The van der Waals surface area contributed by atoms with Crippen molar-refractivity contribution in [1.29, 1.82) is 10.5 Å². The van der Waals surface area contributed by atoms with Crippen molar-refractivity contribution >= 4 is 40.9 Å². The number of halogens is 1. The lowest BCUT2D eigenvalue weighted by molar-refractivity contribution is 0.0735. The maximum Gasteiger partial charge on any atom is 0.345 e. The van der Waals surface area contributed by atoms with Crippen LogP contribution in [0.5, 0.6) is 5.75 Å². The first kappa shape index (κ1) is 21.4. The number of anilines is 3. The van der Waals surface area contributed by atoms with Crippen LogP contribution in [0, 0.1) is 22.8 Å². The van der Waals surface area contributed by atoms with Crippen LogP contribution >= 0.6 is 11.6 Å². The van der Waals surface area contributed by atoms with E-state index >= 15 is 0 Å². The Morgan fingerprint density at radius 2 is 1.88 bits per heavy atom. The van der Waals surface area contributed by atoms with E-state index in [2.05, 4.69) is 20.6 Å². The van der Waals surface area contributed by atoms with Crippen molar-refractivity contribution in [3.05, 3.63) is 75.8 Å². The summed E-state index contributed by atoms with van der Waals surface area (Å²) in [7, 11) is 0. The molecule has 3 aromatic rings. The highest BCUT2D eigenvalue weighted by atomic mass is 35.5. The van der Waals surface area contributed by atoms with E-state index < -0.39 is 12.0 Å². The van der Waals surface area contributed by atoms with Crippen molar-refractivity contribution in [3.63, 3.8) is 0 Å². The summed E-state index contributed by atoms with van der Waals surface area (Å²) in [4.78, 5) is 21.1. The molecule has 0 saturated carbocycles. The van der Waals surface area contributed by atoms with Crippen LogP contribution in [-0.2, 0) is 0 Å². The van der Waals surface area contributed by atoms with E-state index in [9.17, 15) is 10.1 Å². The fourth-order valence-electron chi connectivity index (χ4n) is 3.33. The first-order valence-corrected chi connectivity index (χ1v) is 9.86. The molecular weight excluding hydrogens is 444 g/mol. The van der Waals surface area contributed by atoms with Crippen molar-refractivity contribution in [2.45, 2.75) is 6.04 Å². The summed E-state index contributed by atoms with van der Waals surface area (Å²) < 4.78 is 5.41. The second-order valence-electron chi connectivity index (χ2n) is 6.84. The van der Waals surface area contributed by atoms with Crippen LogP contribution in [0.3, 0.4) is 0 Å². The number of carbonyl (C=O) groups excluding carboxylic acids is 1. The summed E-state index contributed by atoms with van der Waals surface area (Å²) in [6.07, 6.45) is 1.79. The highest BCUT2D eigenvalue weighted by Gasteiger charge is 2.29. The van der Waals surface area contributed by atoms with E-state index in [1.807, 2.05) is 6.07 Å². The zero-order chi connectivity index (χ0) is 23.5. The summed E-state index contributed by atoms with van der Waals surface area (Å²) in [6, 6.07) is 14.4. The van der Waals surface area contributed by atoms with Crippen LogP contribution < -0.4 is 26.8 Å². The Hall–Kier alpha value is -4.80. The third-order valence-electron chi connectivity index (χ3n) is 4.86. The number of hydrogen-bond acceptors (Lipinski definition) is 10. The third kappa shape index (κ3) is 4.06. The lowest BCUT2D eigenvalue weighted by atomic mass is 9.95. The molecule has 0 radical (unpaired) electrons. The van der Waals surface area contributed by atoms with Gasteiger partial charge in [0.2, 0.25) is 5.96 Å². The van der Waals surface area contributed by atoms with Gasteiger partial charge in [0.25, 0.3) is 0 Å². The number of guanidine groups is 1. The molecular formula is C22H15ClN8O2. The second kappa shape index (κ2) is 8.75. The molecule has 2 aromatic carbocycles. The Labute approximate surface area is 193 Å². The molecule has 4 rings (SSSR count). The summed E-state index contributed by atoms with van der Waals surface area (Å²) in [5.74, 6) is 0.0659. The number of nitrogens with zero attached hydrogens (tertiary/aromatic N) is 4. The Morgan fingerprint density at radius 1 is 1.15 bits per heavy atom. The van der Waals surface area contributed by atoms with Gasteiger partial charge in [0.15, 0.2) is 6.19 Å². The fourth-order valence-corrected chi connectivity index (χ4v) is 3.54. The minimum absolute atomic E-state index is 0.0396. The number of nitriles is 2. The maximum absolute atomic E-state index is 12.4. The van der Waals surface area contributed by atoms with E-state index in [0.717, 1.165) is 0 Å². The number of esters is 1. The third-order valence-corrected chi connectivity index (χ3v) is 5.19. The summed E-state index contributed by atoms with van der Waals surface area (Å²) >= 11 is 6.05. The molecule has 1 atom stereocenters. The number of nitrogens with two attached hydrogens (primary N) is 2. The summed E-state index contributed by atoms with van der Waals surface area (Å²) in [6.45, 7) is 0. The average molecular weight is 459 g/mol. The number of nitrogens with one attached hydrogen (secondary N) is 2. The predicted octanol–water partition coefficient (Wildman–Crippen LogP) is 2.93. The van der Waals surface area contributed by atoms with Gasteiger partial charge < -0.3 is 21.5 Å². The van der Waals surface area contributed by atoms with E-state index in [1.165, 1.54) is 0 Å². The number of hydrogen-bond donors (Lipinski definition) is 4. The SMILES string of the molecule is N#CNC1=NC(c2ccc(OC(=O)c3ccccc3Cl)cc2)c2c(nc(N)c(C#N)c2N)N1. The molecule has 0 bridgehead atoms. The quantitative estimate of drug-likeness (QED) is 0.199. The number of aliphatic imine (C=N–C) groups is 1.